The minimum atomic E-state index is 0.552. The highest BCUT2D eigenvalue weighted by atomic mass is 32.2. The molecule has 2 aliphatic rings. The molecule has 0 saturated carbocycles. The number of anilines is 1. The average molecular weight is 345 g/mol. The number of nitrogens with zero attached hydrogens (tertiary/aromatic N) is 4. The summed E-state index contributed by atoms with van der Waals surface area (Å²) in [6.45, 7) is 4.96. The first-order valence-electron chi connectivity index (χ1n) is 8.32. The molecule has 4 N–H and O–H groups in total. The molecule has 1 fully saturated rings. The molecule has 0 aliphatic carbocycles. The zero-order valence-electron chi connectivity index (χ0n) is 14.0. The molecule has 4 rings (SSSR count). The molecule has 0 radical (unpaired) electrons. The average Bonchev–Trinajstić information content (AvgIpc) is 3.19. The number of hydrogen-bond donors (Lipinski definition) is 3. The molecule has 24 heavy (non-hydrogen) atoms. The Bertz CT molecular complexity index is 791. The van der Waals surface area contributed by atoms with Crippen molar-refractivity contribution < 1.29 is 0 Å². The minimum Gasteiger partial charge on any atom is -0.383 e. The third-order valence-electron chi connectivity index (χ3n) is 4.63. The number of aromatic nitrogens is 3. The van der Waals surface area contributed by atoms with Crippen molar-refractivity contribution >= 4 is 28.8 Å². The van der Waals surface area contributed by atoms with E-state index < -0.39 is 0 Å². The van der Waals surface area contributed by atoms with Crippen LogP contribution >= 0.6 is 11.8 Å². The fraction of sp³-hybridized carbons (Fsp3) is 0.500. The normalized spacial score (nSPS) is 21.5. The van der Waals surface area contributed by atoms with Crippen molar-refractivity contribution in [1.82, 2.24) is 30.3 Å². The molecule has 0 bridgehead atoms. The van der Waals surface area contributed by atoms with E-state index in [0.29, 0.717) is 11.1 Å². The zero-order chi connectivity index (χ0) is 16.7. The van der Waals surface area contributed by atoms with Gasteiger partial charge in [-0.05, 0) is 31.9 Å². The second-order valence-electron chi connectivity index (χ2n) is 6.41. The van der Waals surface area contributed by atoms with Gasteiger partial charge in [-0.25, -0.2) is 10.4 Å². The number of thioether (sulfide) groups is 1. The Morgan fingerprint density at radius 1 is 1.42 bits per heavy atom. The molecule has 2 aliphatic heterocycles. The largest absolute Gasteiger partial charge is 0.383 e. The third kappa shape index (κ3) is 2.74. The number of hydrogen-bond acceptors (Lipinski definition) is 7. The van der Waals surface area contributed by atoms with Crippen LogP contribution in [0.1, 0.15) is 24.0 Å². The van der Waals surface area contributed by atoms with Gasteiger partial charge in [0.1, 0.15) is 10.8 Å². The summed E-state index contributed by atoms with van der Waals surface area (Å²) in [5.41, 5.74) is 13.7. The van der Waals surface area contributed by atoms with Gasteiger partial charge in [-0.15, -0.1) is 11.8 Å². The number of fused-ring (bicyclic) bond motifs is 1. The first-order chi connectivity index (χ1) is 11.6. The smallest absolute Gasteiger partial charge is 0.166 e. The highest BCUT2D eigenvalue weighted by Gasteiger charge is 2.22. The summed E-state index contributed by atoms with van der Waals surface area (Å²) in [6.07, 6.45) is 6.38. The van der Waals surface area contributed by atoms with Crippen LogP contribution in [-0.2, 0) is 0 Å². The van der Waals surface area contributed by atoms with E-state index in [2.05, 4.69) is 22.0 Å². The van der Waals surface area contributed by atoms with E-state index in [9.17, 15) is 0 Å². The number of nitrogens with one attached hydrogen (secondary N) is 2. The molecule has 0 amide bonds. The maximum absolute atomic E-state index is 6.35. The summed E-state index contributed by atoms with van der Waals surface area (Å²) in [6, 6.07) is 0. The number of hydrazine groups is 1. The Labute approximate surface area is 145 Å². The van der Waals surface area contributed by atoms with Gasteiger partial charge in [-0.1, -0.05) is 0 Å². The minimum absolute atomic E-state index is 0.552. The van der Waals surface area contributed by atoms with Crippen molar-refractivity contribution in [3.8, 4) is 0 Å². The van der Waals surface area contributed by atoms with E-state index in [1.54, 1.807) is 4.52 Å². The summed E-state index contributed by atoms with van der Waals surface area (Å²) in [5, 5.41) is 11.5. The van der Waals surface area contributed by atoms with Crippen LogP contribution in [0.3, 0.4) is 0 Å². The second-order valence-corrected chi connectivity index (χ2v) is 7.70. The zero-order valence-corrected chi connectivity index (χ0v) is 14.9. The van der Waals surface area contributed by atoms with Crippen molar-refractivity contribution in [2.24, 2.45) is 0 Å². The van der Waals surface area contributed by atoms with Gasteiger partial charge in [0.2, 0.25) is 0 Å². The molecule has 1 saturated heterocycles. The lowest BCUT2D eigenvalue weighted by molar-refractivity contribution is 0.374. The van der Waals surface area contributed by atoms with E-state index in [1.165, 1.54) is 18.4 Å². The maximum atomic E-state index is 6.35. The standard InChI is InChI=1S/C16H23N7S/c1-10-14(17)23-15(13(8-20-23)11-6-19-22(2)9-11)21-16(10)24-12-4-3-5-18-7-12/h8-9,12,18-19H,3-7,17H2,1-2H3/t12-/m0/s1. The summed E-state index contributed by atoms with van der Waals surface area (Å²) < 4.78 is 1.76. The molecule has 2 aromatic rings. The van der Waals surface area contributed by atoms with Crippen LogP contribution < -0.4 is 16.5 Å². The van der Waals surface area contributed by atoms with Crippen LogP contribution in [0.15, 0.2) is 17.4 Å². The van der Waals surface area contributed by atoms with Crippen molar-refractivity contribution in [3.63, 3.8) is 0 Å². The van der Waals surface area contributed by atoms with Gasteiger partial charge >= 0.3 is 0 Å². The predicted molar refractivity (Wildman–Crippen MR) is 97.6 cm³/mol. The number of piperidine rings is 1. The Hall–Kier alpha value is -1.77. The van der Waals surface area contributed by atoms with Crippen LogP contribution in [0, 0.1) is 6.92 Å². The monoisotopic (exact) mass is 345 g/mol. The van der Waals surface area contributed by atoms with Crippen LogP contribution in [0.5, 0.6) is 0 Å². The lowest BCUT2D eigenvalue weighted by Crippen LogP contribution is -2.31. The lowest BCUT2D eigenvalue weighted by Gasteiger charge is -2.22. The van der Waals surface area contributed by atoms with Gasteiger partial charge in [0.05, 0.1) is 6.20 Å². The topological polar surface area (TPSA) is 83.5 Å². The molecule has 7 nitrogen and oxygen atoms in total. The molecular formula is C16H23N7S. The van der Waals surface area contributed by atoms with Crippen molar-refractivity contribution in [2.45, 2.75) is 30.0 Å². The van der Waals surface area contributed by atoms with Gasteiger partial charge in [-0.3, -0.25) is 0 Å². The fourth-order valence-electron chi connectivity index (χ4n) is 3.19. The van der Waals surface area contributed by atoms with E-state index in [-0.39, 0.29) is 0 Å². The summed E-state index contributed by atoms with van der Waals surface area (Å²) in [7, 11) is 1.99. The highest BCUT2D eigenvalue weighted by Crippen LogP contribution is 2.33. The molecule has 1 atom stereocenters. The summed E-state index contributed by atoms with van der Waals surface area (Å²) in [4.78, 5) is 4.93. The van der Waals surface area contributed by atoms with Gasteiger partial charge in [0.25, 0.3) is 0 Å². The maximum Gasteiger partial charge on any atom is 0.166 e. The number of rotatable bonds is 3. The fourth-order valence-corrected chi connectivity index (χ4v) is 4.42. The summed E-state index contributed by atoms with van der Waals surface area (Å²) in [5.74, 6) is 0.678. The summed E-state index contributed by atoms with van der Waals surface area (Å²) >= 11 is 1.84. The first-order valence-corrected chi connectivity index (χ1v) is 9.20. The Kier molecular flexibility index (Phi) is 4.11. The van der Waals surface area contributed by atoms with Crippen LogP contribution in [-0.4, -0.2) is 51.5 Å². The van der Waals surface area contributed by atoms with Gasteiger partial charge in [-0.2, -0.15) is 9.61 Å². The highest BCUT2D eigenvalue weighted by molar-refractivity contribution is 8.00. The third-order valence-corrected chi connectivity index (χ3v) is 5.99. The molecular weight excluding hydrogens is 322 g/mol. The number of nitrogen functional groups attached to an aromatic ring is 1. The van der Waals surface area contributed by atoms with Crippen molar-refractivity contribution in [3.05, 3.63) is 23.5 Å². The van der Waals surface area contributed by atoms with E-state index >= 15 is 0 Å². The molecule has 0 spiro atoms. The molecule has 0 unspecified atom stereocenters. The number of nitrogens with two attached hydrogens (primary N) is 1. The van der Waals surface area contributed by atoms with Gasteiger partial charge in [0.15, 0.2) is 5.65 Å². The molecule has 4 heterocycles. The van der Waals surface area contributed by atoms with Crippen LogP contribution in [0.25, 0.3) is 11.2 Å². The van der Waals surface area contributed by atoms with Crippen LogP contribution in [0.2, 0.25) is 0 Å². The SMILES string of the molecule is Cc1c(S[C@H]2CCCNC2)nc2c(C3=CN(C)NC3)cnn2c1N. The molecule has 2 aromatic heterocycles. The van der Waals surface area contributed by atoms with Gasteiger partial charge < -0.3 is 16.1 Å². The van der Waals surface area contributed by atoms with Gasteiger partial charge in [0, 0.05) is 42.7 Å². The van der Waals surface area contributed by atoms with E-state index in [0.717, 1.165) is 41.4 Å². The Morgan fingerprint density at radius 2 is 2.29 bits per heavy atom. The lowest BCUT2D eigenvalue weighted by atomic mass is 10.1. The Morgan fingerprint density at radius 3 is 3.00 bits per heavy atom. The first kappa shape index (κ1) is 15.7. The Balaban J connectivity index is 1.74. The second kappa shape index (κ2) is 6.27. The predicted octanol–water partition coefficient (Wildman–Crippen LogP) is 1.25. The molecule has 8 heteroatoms. The van der Waals surface area contributed by atoms with E-state index in [4.69, 9.17) is 10.7 Å². The van der Waals surface area contributed by atoms with E-state index in [1.807, 2.05) is 36.9 Å². The van der Waals surface area contributed by atoms with Crippen LogP contribution in [0.4, 0.5) is 5.82 Å². The quantitative estimate of drug-likeness (QED) is 0.722. The van der Waals surface area contributed by atoms with Crippen molar-refractivity contribution in [2.75, 3.05) is 32.4 Å². The molecule has 0 aromatic carbocycles. The van der Waals surface area contributed by atoms with Crippen molar-refractivity contribution in [1.29, 1.82) is 0 Å². The molecule has 128 valence electrons.